The van der Waals surface area contributed by atoms with E-state index < -0.39 is 0 Å². The monoisotopic (exact) mass is 162 g/mol. The summed E-state index contributed by atoms with van der Waals surface area (Å²) in [6, 6.07) is 5.04. The van der Waals surface area contributed by atoms with E-state index in [-0.39, 0.29) is 11.6 Å². The summed E-state index contributed by atoms with van der Waals surface area (Å²) in [6.07, 6.45) is 1.58. The van der Waals surface area contributed by atoms with Crippen molar-refractivity contribution in [1.82, 2.24) is 4.57 Å². The molecule has 1 rings (SSSR count). The highest BCUT2D eigenvalue weighted by molar-refractivity contribution is 5.24. The fraction of sp³-hybridized carbons (Fsp3) is 0.333. The van der Waals surface area contributed by atoms with Gasteiger partial charge >= 0.3 is 0 Å². The van der Waals surface area contributed by atoms with Gasteiger partial charge in [0.2, 0.25) is 0 Å². The summed E-state index contributed by atoms with van der Waals surface area (Å²) < 4.78 is 1.54. The highest BCUT2D eigenvalue weighted by Gasteiger charge is 2.00. The average Bonchev–Trinajstić information content (AvgIpc) is 2.05. The molecule has 12 heavy (non-hydrogen) atoms. The van der Waals surface area contributed by atoms with Crippen LogP contribution in [0.15, 0.2) is 23.1 Å². The minimum Gasteiger partial charge on any atom is -0.312 e. The van der Waals surface area contributed by atoms with Crippen LogP contribution in [0.2, 0.25) is 0 Å². The van der Waals surface area contributed by atoms with E-state index in [1.165, 1.54) is 12.1 Å². The van der Waals surface area contributed by atoms with E-state index in [1.807, 2.05) is 19.9 Å². The van der Waals surface area contributed by atoms with E-state index in [2.05, 4.69) is 0 Å². The molecule has 0 fully saturated rings. The van der Waals surface area contributed by atoms with E-state index in [1.54, 1.807) is 10.8 Å². The highest BCUT2D eigenvalue weighted by atomic mass is 16.1. The molecule has 0 radical (unpaired) electrons. The lowest BCUT2D eigenvalue weighted by atomic mass is 10.3. The van der Waals surface area contributed by atoms with Gasteiger partial charge in [-0.2, -0.15) is 5.26 Å². The Balaban J connectivity index is 3.29. The molecule has 0 unspecified atom stereocenters. The van der Waals surface area contributed by atoms with E-state index in [0.717, 1.165) is 0 Å². The summed E-state index contributed by atoms with van der Waals surface area (Å²) in [5.74, 6) is 0. The largest absolute Gasteiger partial charge is 0.312 e. The van der Waals surface area contributed by atoms with Gasteiger partial charge in [-0.1, -0.05) is 0 Å². The molecule has 0 N–H and O–H groups in total. The molecule has 0 atom stereocenters. The van der Waals surface area contributed by atoms with Gasteiger partial charge in [0.25, 0.3) is 5.56 Å². The molecule has 0 saturated heterocycles. The Morgan fingerprint density at radius 2 is 2.17 bits per heavy atom. The maximum Gasteiger partial charge on any atom is 0.250 e. The number of nitriles is 1. The molecule has 0 saturated carbocycles. The summed E-state index contributed by atoms with van der Waals surface area (Å²) in [5.41, 5.74) is 0.451. The molecule has 62 valence electrons. The number of nitrogens with zero attached hydrogens (tertiary/aromatic N) is 2. The van der Waals surface area contributed by atoms with Crippen LogP contribution in [0.3, 0.4) is 0 Å². The number of hydrogen-bond acceptors (Lipinski definition) is 2. The van der Waals surface area contributed by atoms with Crippen LogP contribution in [-0.2, 0) is 0 Å². The van der Waals surface area contributed by atoms with Gasteiger partial charge in [-0.05, 0) is 19.9 Å². The zero-order valence-electron chi connectivity index (χ0n) is 7.11. The number of hydrogen-bond donors (Lipinski definition) is 0. The second-order valence-electron chi connectivity index (χ2n) is 2.87. The van der Waals surface area contributed by atoms with Gasteiger partial charge in [0.1, 0.15) is 6.07 Å². The van der Waals surface area contributed by atoms with Crippen LogP contribution in [0.5, 0.6) is 0 Å². The summed E-state index contributed by atoms with van der Waals surface area (Å²) in [6.45, 7) is 3.81. The number of pyridine rings is 1. The first-order valence-electron chi connectivity index (χ1n) is 3.77. The quantitative estimate of drug-likeness (QED) is 0.624. The van der Waals surface area contributed by atoms with Gasteiger partial charge in [0, 0.05) is 18.3 Å². The second-order valence-corrected chi connectivity index (χ2v) is 2.87. The van der Waals surface area contributed by atoms with E-state index in [9.17, 15) is 4.79 Å². The zero-order chi connectivity index (χ0) is 9.14. The SMILES string of the molecule is CC(C)n1cc(C#N)ccc1=O. The van der Waals surface area contributed by atoms with Gasteiger partial charge < -0.3 is 4.57 Å². The van der Waals surface area contributed by atoms with Crippen LogP contribution in [0, 0.1) is 11.3 Å². The van der Waals surface area contributed by atoms with Crippen molar-refractivity contribution in [1.29, 1.82) is 5.26 Å². The summed E-state index contributed by atoms with van der Waals surface area (Å²) in [7, 11) is 0. The Hall–Kier alpha value is -1.56. The van der Waals surface area contributed by atoms with Crippen LogP contribution in [0.25, 0.3) is 0 Å². The van der Waals surface area contributed by atoms with Crippen LogP contribution < -0.4 is 5.56 Å². The fourth-order valence-electron chi connectivity index (χ4n) is 0.973. The first kappa shape index (κ1) is 8.54. The van der Waals surface area contributed by atoms with Gasteiger partial charge in [-0.25, -0.2) is 0 Å². The first-order valence-corrected chi connectivity index (χ1v) is 3.77. The Labute approximate surface area is 70.9 Å². The molecule has 0 aromatic carbocycles. The third kappa shape index (κ3) is 1.54. The second kappa shape index (κ2) is 3.22. The lowest BCUT2D eigenvalue weighted by Crippen LogP contribution is -2.20. The Morgan fingerprint density at radius 1 is 1.50 bits per heavy atom. The van der Waals surface area contributed by atoms with Crippen LogP contribution in [0.1, 0.15) is 25.5 Å². The van der Waals surface area contributed by atoms with Crippen molar-refractivity contribution in [2.45, 2.75) is 19.9 Å². The summed E-state index contributed by atoms with van der Waals surface area (Å²) in [5, 5.41) is 8.57. The predicted molar refractivity (Wildman–Crippen MR) is 45.8 cm³/mol. The van der Waals surface area contributed by atoms with Crippen molar-refractivity contribution < 1.29 is 0 Å². The van der Waals surface area contributed by atoms with Gasteiger partial charge in [-0.15, -0.1) is 0 Å². The van der Waals surface area contributed by atoms with Crippen molar-refractivity contribution in [3.63, 3.8) is 0 Å². The van der Waals surface area contributed by atoms with Crippen LogP contribution in [-0.4, -0.2) is 4.57 Å². The molecule has 0 aliphatic rings. The van der Waals surface area contributed by atoms with Crippen LogP contribution in [0.4, 0.5) is 0 Å². The minimum absolute atomic E-state index is 0.0657. The number of aromatic nitrogens is 1. The minimum atomic E-state index is -0.0657. The fourth-order valence-corrected chi connectivity index (χ4v) is 0.973. The first-order chi connectivity index (χ1) is 5.65. The topological polar surface area (TPSA) is 45.8 Å². The molecule has 0 amide bonds. The van der Waals surface area contributed by atoms with Crippen LogP contribution >= 0.6 is 0 Å². The number of rotatable bonds is 1. The molecule has 1 aromatic heterocycles. The average molecular weight is 162 g/mol. The molecule has 3 nitrogen and oxygen atoms in total. The smallest absolute Gasteiger partial charge is 0.250 e. The summed E-state index contributed by atoms with van der Waals surface area (Å²) >= 11 is 0. The van der Waals surface area contributed by atoms with Gasteiger partial charge in [-0.3, -0.25) is 4.79 Å². The van der Waals surface area contributed by atoms with E-state index in [0.29, 0.717) is 5.56 Å². The Bertz CT molecular complexity index is 371. The molecule has 1 aromatic rings. The van der Waals surface area contributed by atoms with Gasteiger partial charge in [0.15, 0.2) is 0 Å². The highest BCUT2D eigenvalue weighted by Crippen LogP contribution is 2.01. The predicted octanol–water partition coefficient (Wildman–Crippen LogP) is 1.30. The molecule has 1 heterocycles. The standard InChI is InChI=1S/C9H10N2O/c1-7(2)11-6-8(5-10)3-4-9(11)12/h3-4,6-7H,1-2H3. The molecule has 0 aliphatic heterocycles. The van der Waals surface area contributed by atoms with Crippen molar-refractivity contribution in [2.24, 2.45) is 0 Å². The summed E-state index contributed by atoms with van der Waals surface area (Å²) in [4.78, 5) is 11.2. The lowest BCUT2D eigenvalue weighted by Gasteiger charge is -2.08. The molecular weight excluding hydrogens is 152 g/mol. The Kier molecular flexibility index (Phi) is 2.29. The normalized spacial score (nSPS) is 9.83. The van der Waals surface area contributed by atoms with Crippen molar-refractivity contribution in [3.05, 3.63) is 34.2 Å². The maximum absolute atomic E-state index is 11.2. The third-order valence-corrected chi connectivity index (χ3v) is 1.62. The van der Waals surface area contributed by atoms with E-state index in [4.69, 9.17) is 5.26 Å². The van der Waals surface area contributed by atoms with Crippen molar-refractivity contribution >= 4 is 0 Å². The maximum atomic E-state index is 11.2. The molecule has 0 aliphatic carbocycles. The molecular formula is C9H10N2O. The Morgan fingerprint density at radius 3 is 2.67 bits per heavy atom. The molecule has 0 bridgehead atoms. The van der Waals surface area contributed by atoms with Crippen molar-refractivity contribution in [2.75, 3.05) is 0 Å². The lowest BCUT2D eigenvalue weighted by molar-refractivity contribution is 0.577. The third-order valence-electron chi connectivity index (χ3n) is 1.62. The van der Waals surface area contributed by atoms with E-state index >= 15 is 0 Å². The van der Waals surface area contributed by atoms with Gasteiger partial charge in [0.05, 0.1) is 5.56 Å². The zero-order valence-corrected chi connectivity index (χ0v) is 7.11. The molecule has 0 spiro atoms. The van der Waals surface area contributed by atoms with Crippen molar-refractivity contribution in [3.8, 4) is 6.07 Å². The molecule has 3 heteroatoms.